The highest BCUT2D eigenvalue weighted by molar-refractivity contribution is 7.98. The van der Waals surface area contributed by atoms with Gasteiger partial charge in [0.15, 0.2) is 11.0 Å². The SMILES string of the molecule is CCOc1ccc(-n2c(SCc3cn4ccccc4n3)nnc2-c2ccccn2)cc1. The summed E-state index contributed by atoms with van der Waals surface area (Å²) in [6.45, 7) is 2.60. The van der Waals surface area contributed by atoms with Crippen molar-refractivity contribution in [3.05, 3.63) is 84.9 Å². The lowest BCUT2D eigenvalue weighted by Crippen LogP contribution is -2.01. The number of fused-ring (bicyclic) bond motifs is 1. The molecule has 0 radical (unpaired) electrons. The summed E-state index contributed by atoms with van der Waals surface area (Å²) in [5.74, 6) is 2.21. The summed E-state index contributed by atoms with van der Waals surface area (Å²) in [5.41, 5.74) is 3.63. The van der Waals surface area contributed by atoms with Gasteiger partial charge in [-0.15, -0.1) is 10.2 Å². The second kappa shape index (κ2) is 8.61. The lowest BCUT2D eigenvalue weighted by molar-refractivity contribution is 0.340. The van der Waals surface area contributed by atoms with E-state index in [1.807, 2.05) is 88.9 Å². The van der Waals surface area contributed by atoms with Crippen LogP contribution in [0.25, 0.3) is 22.9 Å². The minimum absolute atomic E-state index is 0.630. The van der Waals surface area contributed by atoms with Gasteiger partial charge in [0.05, 0.1) is 18.0 Å². The van der Waals surface area contributed by atoms with Crippen molar-refractivity contribution in [1.29, 1.82) is 0 Å². The first kappa shape index (κ1) is 19.3. The van der Waals surface area contributed by atoms with Crippen molar-refractivity contribution in [2.75, 3.05) is 6.61 Å². The van der Waals surface area contributed by atoms with Gasteiger partial charge in [0.25, 0.3) is 0 Å². The van der Waals surface area contributed by atoms with Gasteiger partial charge < -0.3 is 9.14 Å². The van der Waals surface area contributed by atoms with Crippen LogP contribution in [-0.4, -0.2) is 35.7 Å². The molecule has 4 aromatic heterocycles. The standard InChI is InChI=1S/C23H20N6OS/c1-2-30-19-11-9-18(10-12-19)29-22(20-7-3-5-13-24-20)26-27-23(29)31-16-17-15-28-14-6-4-8-21(28)25-17/h3-15H,2,16H2,1H3. The van der Waals surface area contributed by atoms with Crippen molar-refractivity contribution < 1.29 is 4.74 Å². The number of aromatic nitrogens is 6. The Balaban J connectivity index is 1.49. The average Bonchev–Trinajstić information content (AvgIpc) is 3.43. The second-order valence-electron chi connectivity index (χ2n) is 6.77. The molecule has 0 aliphatic heterocycles. The summed E-state index contributed by atoms with van der Waals surface area (Å²) in [7, 11) is 0. The number of rotatable bonds is 7. The molecule has 0 saturated carbocycles. The zero-order chi connectivity index (χ0) is 21.0. The smallest absolute Gasteiger partial charge is 0.196 e. The van der Waals surface area contributed by atoms with Gasteiger partial charge in [-0.2, -0.15) is 0 Å². The van der Waals surface area contributed by atoms with E-state index in [4.69, 9.17) is 4.74 Å². The summed E-state index contributed by atoms with van der Waals surface area (Å²) >= 11 is 1.59. The number of thioether (sulfide) groups is 1. The molecule has 0 amide bonds. The number of pyridine rings is 2. The van der Waals surface area contributed by atoms with Crippen molar-refractivity contribution in [3.63, 3.8) is 0 Å². The van der Waals surface area contributed by atoms with E-state index >= 15 is 0 Å². The van der Waals surface area contributed by atoms with Crippen molar-refractivity contribution in [2.45, 2.75) is 17.8 Å². The number of benzene rings is 1. The predicted molar refractivity (Wildman–Crippen MR) is 121 cm³/mol. The Labute approximate surface area is 183 Å². The molecule has 0 fully saturated rings. The van der Waals surface area contributed by atoms with E-state index in [9.17, 15) is 0 Å². The Kier molecular flexibility index (Phi) is 5.37. The van der Waals surface area contributed by atoms with E-state index in [2.05, 4.69) is 20.2 Å². The quantitative estimate of drug-likeness (QED) is 0.351. The molecule has 0 atom stereocenters. The third-order valence-electron chi connectivity index (χ3n) is 4.70. The molecular formula is C23H20N6OS. The van der Waals surface area contributed by atoms with E-state index in [-0.39, 0.29) is 0 Å². The van der Waals surface area contributed by atoms with Crippen LogP contribution in [0.4, 0.5) is 0 Å². The molecule has 0 N–H and O–H groups in total. The molecule has 0 unspecified atom stereocenters. The number of ether oxygens (including phenoxy) is 1. The van der Waals surface area contributed by atoms with Gasteiger partial charge in [-0.05, 0) is 55.5 Å². The molecule has 1 aromatic carbocycles. The third-order valence-corrected chi connectivity index (χ3v) is 5.66. The van der Waals surface area contributed by atoms with Crippen molar-refractivity contribution >= 4 is 17.4 Å². The second-order valence-corrected chi connectivity index (χ2v) is 7.71. The number of hydrogen-bond acceptors (Lipinski definition) is 6. The summed E-state index contributed by atoms with van der Waals surface area (Å²) in [4.78, 5) is 9.15. The van der Waals surface area contributed by atoms with Crippen LogP contribution in [0.2, 0.25) is 0 Å². The van der Waals surface area contributed by atoms with Crippen LogP contribution in [0.3, 0.4) is 0 Å². The Bertz CT molecular complexity index is 1260. The fraction of sp³-hybridized carbons (Fsp3) is 0.130. The van der Waals surface area contributed by atoms with Gasteiger partial charge in [-0.25, -0.2) is 4.98 Å². The molecule has 0 spiro atoms. The maximum atomic E-state index is 5.59. The molecule has 7 nitrogen and oxygen atoms in total. The molecule has 5 rings (SSSR count). The topological polar surface area (TPSA) is 70.1 Å². The maximum Gasteiger partial charge on any atom is 0.196 e. The Morgan fingerprint density at radius 3 is 2.61 bits per heavy atom. The monoisotopic (exact) mass is 428 g/mol. The first-order valence-electron chi connectivity index (χ1n) is 9.97. The van der Waals surface area contributed by atoms with Crippen molar-refractivity contribution in [1.82, 2.24) is 29.1 Å². The molecule has 31 heavy (non-hydrogen) atoms. The lowest BCUT2D eigenvalue weighted by Gasteiger charge is -2.11. The molecule has 0 aliphatic carbocycles. The van der Waals surface area contributed by atoms with Gasteiger partial charge in [0, 0.05) is 24.3 Å². The maximum absolute atomic E-state index is 5.59. The fourth-order valence-electron chi connectivity index (χ4n) is 3.31. The van der Waals surface area contributed by atoms with Crippen molar-refractivity contribution in [2.24, 2.45) is 0 Å². The van der Waals surface area contributed by atoms with E-state index in [0.717, 1.165) is 33.6 Å². The summed E-state index contributed by atoms with van der Waals surface area (Å²) < 4.78 is 9.64. The van der Waals surface area contributed by atoms with E-state index in [0.29, 0.717) is 18.2 Å². The Morgan fingerprint density at radius 2 is 1.84 bits per heavy atom. The van der Waals surface area contributed by atoms with E-state index in [1.54, 1.807) is 18.0 Å². The fourth-order valence-corrected chi connectivity index (χ4v) is 4.15. The van der Waals surface area contributed by atoms with Gasteiger partial charge in [-0.3, -0.25) is 9.55 Å². The number of imidazole rings is 1. The molecule has 0 bridgehead atoms. The van der Waals surface area contributed by atoms with Gasteiger partial charge in [-0.1, -0.05) is 23.9 Å². The van der Waals surface area contributed by atoms with E-state index < -0.39 is 0 Å². The van der Waals surface area contributed by atoms with Crippen LogP contribution >= 0.6 is 11.8 Å². The first-order valence-corrected chi connectivity index (χ1v) is 11.0. The number of nitrogens with zero attached hydrogens (tertiary/aromatic N) is 6. The summed E-state index contributed by atoms with van der Waals surface area (Å²) in [6.07, 6.45) is 5.80. The highest BCUT2D eigenvalue weighted by atomic mass is 32.2. The zero-order valence-electron chi connectivity index (χ0n) is 16.9. The molecule has 5 aromatic rings. The van der Waals surface area contributed by atoms with E-state index in [1.165, 1.54) is 0 Å². The highest BCUT2D eigenvalue weighted by Gasteiger charge is 2.17. The van der Waals surface area contributed by atoms with Crippen LogP contribution in [0.1, 0.15) is 12.6 Å². The van der Waals surface area contributed by atoms with Crippen LogP contribution in [0.5, 0.6) is 5.75 Å². The summed E-state index contributed by atoms with van der Waals surface area (Å²) in [6, 6.07) is 19.7. The minimum atomic E-state index is 0.630. The zero-order valence-corrected chi connectivity index (χ0v) is 17.7. The average molecular weight is 429 g/mol. The van der Waals surface area contributed by atoms with Crippen LogP contribution in [-0.2, 0) is 5.75 Å². The van der Waals surface area contributed by atoms with Crippen LogP contribution in [0, 0.1) is 0 Å². The molecular weight excluding hydrogens is 408 g/mol. The third kappa shape index (κ3) is 4.02. The number of hydrogen-bond donors (Lipinski definition) is 0. The lowest BCUT2D eigenvalue weighted by atomic mass is 10.3. The molecule has 8 heteroatoms. The van der Waals surface area contributed by atoms with Gasteiger partial charge in [0.2, 0.25) is 0 Å². The minimum Gasteiger partial charge on any atom is -0.494 e. The van der Waals surface area contributed by atoms with Crippen molar-refractivity contribution in [3.8, 4) is 23.0 Å². The molecule has 154 valence electrons. The normalized spacial score (nSPS) is 11.1. The van der Waals surface area contributed by atoms with Crippen LogP contribution in [0.15, 0.2) is 84.4 Å². The molecule has 0 saturated heterocycles. The molecule has 0 aliphatic rings. The predicted octanol–water partition coefficient (Wildman–Crippen LogP) is 4.67. The summed E-state index contributed by atoms with van der Waals surface area (Å²) in [5, 5.41) is 9.70. The Morgan fingerprint density at radius 1 is 0.968 bits per heavy atom. The Hall–Kier alpha value is -3.65. The first-order chi connectivity index (χ1) is 15.3. The van der Waals surface area contributed by atoms with Gasteiger partial charge in [0.1, 0.15) is 17.1 Å². The largest absolute Gasteiger partial charge is 0.494 e. The highest BCUT2D eigenvalue weighted by Crippen LogP contribution is 2.29. The van der Waals surface area contributed by atoms with Crippen LogP contribution < -0.4 is 4.74 Å². The molecule has 4 heterocycles. The van der Waals surface area contributed by atoms with Gasteiger partial charge >= 0.3 is 0 Å².